The van der Waals surface area contributed by atoms with Gasteiger partial charge < -0.3 is 19.7 Å². The van der Waals surface area contributed by atoms with Crippen LogP contribution in [0.4, 0.5) is 5.69 Å². The molecule has 0 radical (unpaired) electrons. The Kier molecular flexibility index (Phi) is 6.96. The van der Waals surface area contributed by atoms with Crippen LogP contribution in [0.2, 0.25) is 0 Å². The molecule has 2 aromatic carbocycles. The number of ether oxygens (including phenoxy) is 2. The predicted octanol–water partition coefficient (Wildman–Crippen LogP) is 1.28. The summed E-state index contributed by atoms with van der Waals surface area (Å²) < 4.78 is 38.2. The third-order valence-electron chi connectivity index (χ3n) is 5.72. The largest absolute Gasteiger partial charge is 0.477 e. The van der Waals surface area contributed by atoms with Gasteiger partial charge in [-0.05, 0) is 23.3 Å². The average Bonchev–Trinajstić information content (AvgIpc) is 2.83. The summed E-state index contributed by atoms with van der Waals surface area (Å²) in [6.45, 7) is 3.16. The number of hydrogen-bond acceptors (Lipinski definition) is 6. The number of morpholine rings is 1. The fourth-order valence-electron chi connectivity index (χ4n) is 3.95. The van der Waals surface area contributed by atoms with Crippen molar-refractivity contribution in [3.05, 3.63) is 59.7 Å². The number of carbonyl (C=O) groups excluding carboxylic acids is 2. The zero-order valence-electron chi connectivity index (χ0n) is 18.4. The van der Waals surface area contributed by atoms with Crippen molar-refractivity contribution in [3.8, 4) is 5.75 Å². The molecule has 0 saturated carbocycles. The SMILES string of the molecule is CC(=O)N1C[C@@H](C(=O)NCc2ccccc2CS(=O)(=O)N2CCOCC2)Oc2ccccc21. The van der Waals surface area contributed by atoms with Crippen LogP contribution in [0.5, 0.6) is 5.75 Å². The van der Waals surface area contributed by atoms with Crippen molar-refractivity contribution in [2.24, 2.45) is 0 Å². The van der Waals surface area contributed by atoms with Crippen LogP contribution in [0.15, 0.2) is 48.5 Å². The Morgan fingerprint density at radius 1 is 1.03 bits per heavy atom. The van der Waals surface area contributed by atoms with Crippen molar-refractivity contribution in [3.63, 3.8) is 0 Å². The molecule has 10 heteroatoms. The van der Waals surface area contributed by atoms with E-state index in [0.717, 1.165) is 0 Å². The van der Waals surface area contributed by atoms with Gasteiger partial charge in [0.15, 0.2) is 6.10 Å². The Hall–Kier alpha value is -2.95. The van der Waals surface area contributed by atoms with Crippen molar-refractivity contribution >= 4 is 27.5 Å². The number of sulfonamides is 1. The fraction of sp³-hybridized carbons (Fsp3) is 0.391. The molecule has 9 nitrogen and oxygen atoms in total. The molecule has 0 unspecified atom stereocenters. The summed E-state index contributed by atoms with van der Waals surface area (Å²) in [5.41, 5.74) is 1.97. The number of amides is 2. The third-order valence-corrected chi connectivity index (χ3v) is 7.55. The van der Waals surface area contributed by atoms with Gasteiger partial charge in [0.1, 0.15) is 5.75 Å². The molecule has 2 aliphatic rings. The number of carbonyl (C=O) groups is 2. The molecule has 0 aliphatic carbocycles. The van der Waals surface area contributed by atoms with Crippen LogP contribution in [0.1, 0.15) is 18.1 Å². The summed E-state index contributed by atoms with van der Waals surface area (Å²) in [5, 5.41) is 2.83. The molecule has 2 amide bonds. The number of benzene rings is 2. The molecule has 0 spiro atoms. The second kappa shape index (κ2) is 9.90. The summed E-state index contributed by atoms with van der Waals surface area (Å²) in [7, 11) is -3.50. The Morgan fingerprint density at radius 3 is 2.42 bits per heavy atom. The van der Waals surface area contributed by atoms with E-state index in [1.807, 2.05) is 0 Å². The molecular formula is C23H27N3O6S. The van der Waals surface area contributed by atoms with Crippen LogP contribution in [0.3, 0.4) is 0 Å². The van der Waals surface area contributed by atoms with Gasteiger partial charge in [0, 0.05) is 26.6 Å². The van der Waals surface area contributed by atoms with Crippen molar-refractivity contribution < 1.29 is 27.5 Å². The lowest BCUT2D eigenvalue weighted by Crippen LogP contribution is -2.50. The lowest BCUT2D eigenvalue weighted by Gasteiger charge is -2.33. The van der Waals surface area contributed by atoms with E-state index in [0.29, 0.717) is 48.9 Å². The minimum absolute atomic E-state index is 0.102. The monoisotopic (exact) mass is 473 g/mol. The molecule has 1 N–H and O–H groups in total. The zero-order chi connectivity index (χ0) is 23.4. The zero-order valence-corrected chi connectivity index (χ0v) is 19.2. The van der Waals surface area contributed by atoms with Gasteiger partial charge in [-0.3, -0.25) is 9.59 Å². The number of nitrogens with zero attached hydrogens (tertiary/aromatic N) is 2. The van der Waals surface area contributed by atoms with Crippen LogP contribution in [-0.4, -0.2) is 63.5 Å². The molecule has 176 valence electrons. The van der Waals surface area contributed by atoms with Gasteiger partial charge in [-0.1, -0.05) is 36.4 Å². The Morgan fingerprint density at radius 2 is 1.70 bits per heavy atom. The van der Waals surface area contributed by atoms with E-state index in [1.165, 1.54) is 16.1 Å². The van der Waals surface area contributed by atoms with Crippen molar-refractivity contribution in [2.75, 3.05) is 37.7 Å². The van der Waals surface area contributed by atoms with E-state index in [4.69, 9.17) is 9.47 Å². The molecule has 1 fully saturated rings. The Balaban J connectivity index is 1.43. The second-order valence-corrected chi connectivity index (χ2v) is 9.93. The van der Waals surface area contributed by atoms with Gasteiger partial charge in [-0.15, -0.1) is 0 Å². The number of para-hydroxylation sites is 2. The third kappa shape index (κ3) is 5.35. The van der Waals surface area contributed by atoms with Crippen LogP contribution >= 0.6 is 0 Å². The summed E-state index contributed by atoms with van der Waals surface area (Å²) in [4.78, 5) is 26.5. The minimum atomic E-state index is -3.50. The fourth-order valence-corrected chi connectivity index (χ4v) is 5.51. The summed E-state index contributed by atoms with van der Waals surface area (Å²) in [6, 6.07) is 14.2. The van der Waals surface area contributed by atoms with E-state index in [2.05, 4.69) is 5.32 Å². The number of rotatable bonds is 6. The van der Waals surface area contributed by atoms with E-state index in [1.54, 1.807) is 48.5 Å². The van der Waals surface area contributed by atoms with Crippen molar-refractivity contribution in [1.29, 1.82) is 0 Å². The highest BCUT2D eigenvalue weighted by atomic mass is 32.2. The molecule has 2 heterocycles. The number of hydrogen-bond donors (Lipinski definition) is 1. The van der Waals surface area contributed by atoms with E-state index < -0.39 is 16.1 Å². The highest BCUT2D eigenvalue weighted by molar-refractivity contribution is 7.88. The van der Waals surface area contributed by atoms with Crippen LogP contribution in [0.25, 0.3) is 0 Å². The molecule has 2 aromatic rings. The second-order valence-electron chi connectivity index (χ2n) is 7.96. The quantitative estimate of drug-likeness (QED) is 0.678. The summed E-state index contributed by atoms with van der Waals surface area (Å²) in [6.07, 6.45) is -0.868. The standard InChI is InChI=1S/C23H27N3O6S/c1-17(27)26-15-22(32-21-9-5-4-8-20(21)26)23(28)24-14-18-6-2-3-7-19(18)16-33(29,30)25-10-12-31-13-11-25/h2-9,22H,10-16H2,1H3,(H,24,28)/t22-/m0/s1. The van der Waals surface area contributed by atoms with Gasteiger partial charge in [-0.25, -0.2) is 8.42 Å². The molecular weight excluding hydrogens is 446 g/mol. The van der Waals surface area contributed by atoms with Crippen LogP contribution < -0.4 is 15.0 Å². The first kappa shape index (κ1) is 23.2. The number of fused-ring (bicyclic) bond motifs is 1. The van der Waals surface area contributed by atoms with Gasteiger partial charge in [0.05, 0.1) is 31.2 Å². The normalized spacial score (nSPS) is 18.8. The lowest BCUT2D eigenvalue weighted by atomic mass is 10.1. The Bertz CT molecular complexity index is 1130. The highest BCUT2D eigenvalue weighted by Crippen LogP contribution is 2.33. The van der Waals surface area contributed by atoms with Crippen molar-refractivity contribution in [1.82, 2.24) is 9.62 Å². The van der Waals surface area contributed by atoms with Crippen LogP contribution in [0, 0.1) is 0 Å². The lowest BCUT2D eigenvalue weighted by molar-refractivity contribution is -0.128. The van der Waals surface area contributed by atoms with Crippen LogP contribution in [-0.2, 0) is 36.6 Å². The first-order valence-electron chi connectivity index (χ1n) is 10.8. The maximum Gasteiger partial charge on any atom is 0.263 e. The topological polar surface area (TPSA) is 105 Å². The summed E-state index contributed by atoms with van der Waals surface area (Å²) >= 11 is 0. The molecule has 4 rings (SSSR count). The maximum absolute atomic E-state index is 12.9. The first-order chi connectivity index (χ1) is 15.8. The molecule has 1 saturated heterocycles. The van der Waals surface area contributed by atoms with Gasteiger partial charge in [0.25, 0.3) is 5.91 Å². The molecule has 1 atom stereocenters. The predicted molar refractivity (Wildman–Crippen MR) is 122 cm³/mol. The van der Waals surface area contributed by atoms with Gasteiger partial charge in [-0.2, -0.15) is 4.31 Å². The molecule has 0 bridgehead atoms. The molecule has 0 aromatic heterocycles. The van der Waals surface area contributed by atoms with Crippen molar-refractivity contribution in [2.45, 2.75) is 25.3 Å². The maximum atomic E-state index is 12.9. The smallest absolute Gasteiger partial charge is 0.263 e. The number of nitrogens with one attached hydrogen (secondary N) is 1. The minimum Gasteiger partial charge on any atom is -0.477 e. The van der Waals surface area contributed by atoms with Gasteiger partial charge in [0.2, 0.25) is 15.9 Å². The average molecular weight is 474 g/mol. The summed E-state index contributed by atoms with van der Waals surface area (Å²) in [5.74, 6) is -0.232. The van der Waals surface area contributed by atoms with Gasteiger partial charge >= 0.3 is 0 Å². The van der Waals surface area contributed by atoms with E-state index >= 15 is 0 Å². The first-order valence-corrected chi connectivity index (χ1v) is 12.4. The molecule has 33 heavy (non-hydrogen) atoms. The van der Waals surface area contributed by atoms with E-state index in [9.17, 15) is 18.0 Å². The van der Waals surface area contributed by atoms with E-state index in [-0.39, 0.29) is 30.7 Å². The highest BCUT2D eigenvalue weighted by Gasteiger charge is 2.32. The Labute approximate surface area is 193 Å². The number of anilines is 1. The molecule has 2 aliphatic heterocycles.